The molecule has 0 spiro atoms. The standard InChI is InChI=1S/C32H35FN2O4/c1-34(26-14-17-35(18-15-26)21-23-4-8-25(33)9-5-23)16-3-19-38-28-12-13-29-31(20-28)39-22-30(32(29)36)24-6-10-27(37-2)11-7-24/h4-13,20,22,26H,3,14-19,21H2,1-2H3. The molecule has 3 aromatic carbocycles. The van der Waals surface area contributed by atoms with Gasteiger partial charge in [-0.2, -0.15) is 0 Å². The van der Waals surface area contributed by atoms with Gasteiger partial charge in [-0.1, -0.05) is 24.3 Å². The van der Waals surface area contributed by atoms with Gasteiger partial charge < -0.3 is 18.8 Å². The lowest BCUT2D eigenvalue weighted by Gasteiger charge is -2.36. The number of rotatable bonds is 10. The number of hydrogen-bond acceptors (Lipinski definition) is 6. The first-order valence-corrected chi connectivity index (χ1v) is 13.5. The molecule has 1 aromatic heterocycles. The maximum atomic E-state index is 13.1. The van der Waals surface area contributed by atoms with Gasteiger partial charge in [0.15, 0.2) is 5.43 Å². The van der Waals surface area contributed by atoms with Gasteiger partial charge in [-0.05, 0) is 86.9 Å². The van der Waals surface area contributed by atoms with Gasteiger partial charge in [0.2, 0.25) is 0 Å². The van der Waals surface area contributed by atoms with Gasteiger partial charge >= 0.3 is 0 Å². The van der Waals surface area contributed by atoms with Crippen molar-refractivity contribution in [3.63, 3.8) is 0 Å². The van der Waals surface area contributed by atoms with Crippen LogP contribution in [0.25, 0.3) is 22.1 Å². The van der Waals surface area contributed by atoms with Crippen molar-refractivity contribution < 1.29 is 18.3 Å². The normalized spacial score (nSPS) is 14.7. The van der Waals surface area contributed by atoms with Crippen LogP contribution in [0.3, 0.4) is 0 Å². The van der Waals surface area contributed by atoms with Gasteiger partial charge in [0, 0.05) is 25.2 Å². The van der Waals surface area contributed by atoms with E-state index in [0.29, 0.717) is 34.9 Å². The van der Waals surface area contributed by atoms with Crippen LogP contribution >= 0.6 is 0 Å². The van der Waals surface area contributed by atoms with E-state index in [4.69, 9.17) is 13.9 Å². The molecule has 1 saturated heterocycles. The van der Waals surface area contributed by atoms with E-state index in [1.807, 2.05) is 42.5 Å². The second kappa shape index (κ2) is 12.5. The van der Waals surface area contributed by atoms with Crippen molar-refractivity contribution in [1.29, 1.82) is 0 Å². The van der Waals surface area contributed by atoms with Crippen molar-refractivity contribution in [2.75, 3.05) is 40.4 Å². The lowest BCUT2D eigenvalue weighted by molar-refractivity contribution is 0.118. The summed E-state index contributed by atoms with van der Waals surface area (Å²) in [6, 6.07) is 20.1. The van der Waals surface area contributed by atoms with Gasteiger partial charge in [0.05, 0.1) is 24.7 Å². The van der Waals surface area contributed by atoms with Crippen molar-refractivity contribution in [3.8, 4) is 22.6 Å². The van der Waals surface area contributed by atoms with Crippen molar-refractivity contribution in [2.24, 2.45) is 0 Å². The molecule has 1 aliphatic heterocycles. The molecule has 5 rings (SSSR count). The second-order valence-corrected chi connectivity index (χ2v) is 10.2. The Hall–Kier alpha value is -3.68. The summed E-state index contributed by atoms with van der Waals surface area (Å²) in [5.41, 5.74) is 2.90. The van der Waals surface area contributed by atoms with E-state index in [9.17, 15) is 9.18 Å². The smallest absolute Gasteiger partial charge is 0.200 e. The maximum Gasteiger partial charge on any atom is 0.200 e. The number of halogens is 1. The Labute approximate surface area is 228 Å². The molecule has 2 heterocycles. The lowest BCUT2D eigenvalue weighted by atomic mass is 10.0. The summed E-state index contributed by atoms with van der Waals surface area (Å²) in [5, 5.41) is 0.529. The van der Waals surface area contributed by atoms with Gasteiger partial charge in [0.1, 0.15) is 29.2 Å². The minimum Gasteiger partial charge on any atom is -0.497 e. The lowest BCUT2D eigenvalue weighted by Crippen LogP contribution is -2.43. The topological polar surface area (TPSA) is 55.2 Å². The quantitative estimate of drug-likeness (QED) is 0.236. The van der Waals surface area contributed by atoms with E-state index < -0.39 is 0 Å². The fourth-order valence-corrected chi connectivity index (χ4v) is 5.22. The fraction of sp³-hybridized carbons (Fsp3) is 0.344. The number of methoxy groups -OCH3 is 1. The first-order valence-electron chi connectivity index (χ1n) is 13.5. The SMILES string of the molecule is COc1ccc(-c2coc3cc(OCCCN(C)C4CCN(Cc5ccc(F)cc5)CC4)ccc3c2=O)cc1. The van der Waals surface area contributed by atoms with E-state index in [2.05, 4.69) is 16.8 Å². The molecule has 0 saturated carbocycles. The van der Waals surface area contributed by atoms with Crippen LogP contribution < -0.4 is 14.9 Å². The van der Waals surface area contributed by atoms with E-state index in [-0.39, 0.29) is 11.2 Å². The summed E-state index contributed by atoms with van der Waals surface area (Å²) < 4.78 is 30.1. The van der Waals surface area contributed by atoms with Crippen LogP contribution in [0.5, 0.6) is 11.5 Å². The second-order valence-electron chi connectivity index (χ2n) is 10.2. The summed E-state index contributed by atoms with van der Waals surface area (Å²) >= 11 is 0. The molecular formula is C32H35FN2O4. The third-order valence-electron chi connectivity index (χ3n) is 7.57. The highest BCUT2D eigenvalue weighted by Crippen LogP contribution is 2.25. The third kappa shape index (κ3) is 6.67. The van der Waals surface area contributed by atoms with Crippen LogP contribution in [0.15, 0.2) is 82.2 Å². The van der Waals surface area contributed by atoms with Crippen LogP contribution in [0.4, 0.5) is 4.39 Å². The average Bonchev–Trinajstić information content (AvgIpc) is 2.97. The molecule has 0 radical (unpaired) electrons. The highest BCUT2D eigenvalue weighted by molar-refractivity contribution is 5.82. The molecule has 0 N–H and O–H groups in total. The Kier molecular flexibility index (Phi) is 8.59. The minimum atomic E-state index is -0.186. The number of fused-ring (bicyclic) bond motifs is 1. The molecule has 0 bridgehead atoms. The zero-order valence-corrected chi connectivity index (χ0v) is 22.6. The maximum absolute atomic E-state index is 13.1. The summed E-state index contributed by atoms with van der Waals surface area (Å²) in [6.45, 7) is 4.51. The van der Waals surface area contributed by atoms with Crippen molar-refractivity contribution in [1.82, 2.24) is 9.80 Å². The number of benzene rings is 3. The molecule has 0 unspecified atom stereocenters. The van der Waals surface area contributed by atoms with Crippen molar-refractivity contribution >= 4 is 11.0 Å². The van der Waals surface area contributed by atoms with E-state index in [1.165, 1.54) is 18.4 Å². The Bertz CT molecular complexity index is 1430. The number of ether oxygens (including phenoxy) is 2. The molecule has 0 atom stereocenters. The molecule has 1 fully saturated rings. The zero-order valence-electron chi connectivity index (χ0n) is 22.6. The summed E-state index contributed by atoms with van der Waals surface area (Å²) in [4.78, 5) is 17.9. The molecule has 7 heteroatoms. The number of likely N-dealkylation sites (tertiary alicyclic amines) is 1. The fourth-order valence-electron chi connectivity index (χ4n) is 5.22. The van der Waals surface area contributed by atoms with Crippen LogP contribution in [0.1, 0.15) is 24.8 Å². The van der Waals surface area contributed by atoms with E-state index >= 15 is 0 Å². The van der Waals surface area contributed by atoms with Gasteiger partial charge in [-0.15, -0.1) is 0 Å². The number of nitrogens with zero attached hydrogens (tertiary/aromatic N) is 2. The zero-order chi connectivity index (χ0) is 27.2. The molecule has 6 nitrogen and oxygen atoms in total. The highest BCUT2D eigenvalue weighted by Gasteiger charge is 2.22. The molecular weight excluding hydrogens is 495 g/mol. The van der Waals surface area contributed by atoms with Crippen LogP contribution in [0, 0.1) is 5.82 Å². The Morgan fingerprint density at radius 2 is 1.72 bits per heavy atom. The van der Waals surface area contributed by atoms with Gasteiger partial charge in [-0.25, -0.2) is 4.39 Å². The Morgan fingerprint density at radius 1 is 1.00 bits per heavy atom. The predicted octanol–water partition coefficient (Wildman–Crippen LogP) is 5.97. The average molecular weight is 531 g/mol. The van der Waals surface area contributed by atoms with Crippen LogP contribution in [-0.2, 0) is 6.54 Å². The van der Waals surface area contributed by atoms with E-state index in [0.717, 1.165) is 62.3 Å². The number of piperidine rings is 1. The third-order valence-corrected chi connectivity index (χ3v) is 7.57. The van der Waals surface area contributed by atoms with Gasteiger partial charge in [0.25, 0.3) is 0 Å². The predicted molar refractivity (Wildman–Crippen MR) is 152 cm³/mol. The summed E-state index contributed by atoms with van der Waals surface area (Å²) in [6.07, 6.45) is 4.67. The molecule has 204 valence electrons. The molecule has 39 heavy (non-hydrogen) atoms. The van der Waals surface area contributed by atoms with Crippen LogP contribution in [-0.4, -0.2) is 56.2 Å². The minimum absolute atomic E-state index is 0.0710. The monoisotopic (exact) mass is 530 g/mol. The van der Waals surface area contributed by atoms with Crippen molar-refractivity contribution in [3.05, 3.63) is 94.6 Å². The van der Waals surface area contributed by atoms with Gasteiger partial charge in [-0.3, -0.25) is 9.69 Å². The van der Waals surface area contributed by atoms with Crippen LogP contribution in [0.2, 0.25) is 0 Å². The summed E-state index contributed by atoms with van der Waals surface area (Å²) in [5.74, 6) is 1.25. The summed E-state index contributed by atoms with van der Waals surface area (Å²) in [7, 11) is 3.80. The molecule has 0 amide bonds. The Morgan fingerprint density at radius 3 is 2.44 bits per heavy atom. The largest absolute Gasteiger partial charge is 0.497 e. The first kappa shape index (κ1) is 26.9. The first-order chi connectivity index (χ1) is 19.0. The molecule has 1 aliphatic rings. The van der Waals surface area contributed by atoms with Crippen molar-refractivity contribution in [2.45, 2.75) is 31.8 Å². The molecule has 0 aliphatic carbocycles. The Balaban J connectivity index is 1.08. The number of hydrogen-bond donors (Lipinski definition) is 0. The highest BCUT2D eigenvalue weighted by atomic mass is 19.1. The molecule has 4 aromatic rings. The van der Waals surface area contributed by atoms with E-state index in [1.54, 1.807) is 19.2 Å².